The molecular weight excluding hydrogens is 228 g/mol. The van der Waals surface area contributed by atoms with Gasteiger partial charge in [0, 0.05) is 25.2 Å². The van der Waals surface area contributed by atoms with E-state index in [2.05, 4.69) is 35.6 Å². The Bertz CT molecular complexity index is 319. The summed E-state index contributed by atoms with van der Waals surface area (Å²) in [6.45, 7) is 6.62. The summed E-state index contributed by atoms with van der Waals surface area (Å²) in [5.74, 6) is 0.624. The summed E-state index contributed by atoms with van der Waals surface area (Å²) in [4.78, 5) is 2.58. The van der Waals surface area contributed by atoms with Crippen molar-refractivity contribution in [3.8, 4) is 0 Å². The molecule has 1 aromatic heterocycles. The number of hydrogen-bond donors (Lipinski definition) is 1. The van der Waals surface area contributed by atoms with Crippen LogP contribution in [0.2, 0.25) is 0 Å². The molecule has 0 radical (unpaired) electrons. The molecule has 2 nitrogen and oxygen atoms in total. The van der Waals surface area contributed by atoms with Crippen molar-refractivity contribution in [2.24, 2.45) is 11.7 Å². The van der Waals surface area contributed by atoms with Gasteiger partial charge < -0.3 is 5.73 Å². The van der Waals surface area contributed by atoms with Crippen LogP contribution in [0.3, 0.4) is 0 Å². The maximum Gasteiger partial charge on any atom is 0.0245 e. The van der Waals surface area contributed by atoms with Gasteiger partial charge in [0.05, 0.1) is 0 Å². The molecule has 17 heavy (non-hydrogen) atoms. The minimum atomic E-state index is 0.319. The van der Waals surface area contributed by atoms with Crippen LogP contribution in [0.4, 0.5) is 0 Å². The quantitative estimate of drug-likeness (QED) is 0.808. The first kappa shape index (κ1) is 13.1. The van der Waals surface area contributed by atoms with E-state index in [1.165, 1.54) is 24.8 Å². The van der Waals surface area contributed by atoms with Crippen molar-refractivity contribution in [2.75, 3.05) is 6.54 Å². The second-order valence-electron chi connectivity index (χ2n) is 5.34. The van der Waals surface area contributed by atoms with Gasteiger partial charge in [-0.25, -0.2) is 0 Å². The molecular formula is C14H24N2S. The van der Waals surface area contributed by atoms with E-state index in [0.29, 0.717) is 12.0 Å². The smallest absolute Gasteiger partial charge is 0.0245 e. The number of nitrogens with two attached hydrogens (primary N) is 1. The number of rotatable bonds is 7. The van der Waals surface area contributed by atoms with Gasteiger partial charge in [-0.15, -0.1) is 0 Å². The SMILES string of the molecule is CCC(C)C(N)CN(Cc1ccsc1)C1CC1. The average Bonchev–Trinajstić information content (AvgIpc) is 3.06. The lowest BCUT2D eigenvalue weighted by Gasteiger charge is -2.28. The van der Waals surface area contributed by atoms with E-state index in [-0.39, 0.29) is 0 Å². The maximum absolute atomic E-state index is 6.28. The molecule has 1 fully saturated rings. The van der Waals surface area contributed by atoms with Crippen molar-refractivity contribution in [1.29, 1.82) is 0 Å². The van der Waals surface area contributed by atoms with Crippen LogP contribution in [-0.4, -0.2) is 23.5 Å². The molecule has 2 unspecified atom stereocenters. The Morgan fingerprint density at radius 2 is 2.29 bits per heavy atom. The normalized spacial score (nSPS) is 19.5. The predicted molar refractivity (Wildman–Crippen MR) is 75.2 cm³/mol. The third-order valence-electron chi connectivity index (χ3n) is 3.85. The van der Waals surface area contributed by atoms with E-state index in [4.69, 9.17) is 5.73 Å². The zero-order valence-electron chi connectivity index (χ0n) is 10.9. The van der Waals surface area contributed by atoms with E-state index in [1.807, 2.05) is 0 Å². The fourth-order valence-electron chi connectivity index (χ4n) is 2.15. The molecule has 2 N–H and O–H groups in total. The Kier molecular flexibility index (Phi) is 4.60. The van der Waals surface area contributed by atoms with E-state index < -0.39 is 0 Å². The highest BCUT2D eigenvalue weighted by atomic mass is 32.1. The second kappa shape index (κ2) is 5.98. The zero-order valence-corrected chi connectivity index (χ0v) is 11.7. The van der Waals surface area contributed by atoms with Crippen molar-refractivity contribution in [3.63, 3.8) is 0 Å². The third kappa shape index (κ3) is 3.80. The number of hydrogen-bond acceptors (Lipinski definition) is 3. The highest BCUT2D eigenvalue weighted by Gasteiger charge is 2.30. The van der Waals surface area contributed by atoms with Crippen LogP contribution in [0, 0.1) is 5.92 Å². The molecule has 1 heterocycles. The average molecular weight is 252 g/mol. The summed E-state index contributed by atoms with van der Waals surface area (Å²) in [5, 5.41) is 4.42. The summed E-state index contributed by atoms with van der Waals surface area (Å²) < 4.78 is 0. The fourth-order valence-corrected chi connectivity index (χ4v) is 2.81. The van der Waals surface area contributed by atoms with Crippen LogP contribution in [0.5, 0.6) is 0 Å². The first-order valence-electron chi connectivity index (χ1n) is 6.71. The summed E-state index contributed by atoms with van der Waals surface area (Å²) in [5.41, 5.74) is 7.73. The largest absolute Gasteiger partial charge is 0.326 e. The van der Waals surface area contributed by atoms with Crippen LogP contribution in [-0.2, 0) is 6.54 Å². The first-order chi connectivity index (χ1) is 8.20. The van der Waals surface area contributed by atoms with E-state index in [9.17, 15) is 0 Å². The Hall–Kier alpha value is -0.380. The van der Waals surface area contributed by atoms with E-state index >= 15 is 0 Å². The number of nitrogens with zero attached hydrogens (tertiary/aromatic N) is 1. The monoisotopic (exact) mass is 252 g/mol. The Morgan fingerprint density at radius 1 is 1.53 bits per heavy atom. The van der Waals surface area contributed by atoms with Gasteiger partial charge >= 0.3 is 0 Å². The molecule has 0 spiro atoms. The summed E-state index contributed by atoms with van der Waals surface area (Å²) >= 11 is 1.79. The molecule has 2 atom stereocenters. The molecule has 0 aliphatic heterocycles. The molecule has 0 amide bonds. The Balaban J connectivity index is 1.89. The topological polar surface area (TPSA) is 29.3 Å². The Labute approximate surface area is 109 Å². The van der Waals surface area contributed by atoms with E-state index in [1.54, 1.807) is 11.3 Å². The molecule has 3 heteroatoms. The summed E-state index contributed by atoms with van der Waals surface area (Å²) in [6.07, 6.45) is 3.90. The lowest BCUT2D eigenvalue weighted by atomic mass is 9.99. The summed E-state index contributed by atoms with van der Waals surface area (Å²) in [6, 6.07) is 3.35. The molecule has 1 aromatic rings. The predicted octanol–water partition coefficient (Wildman–Crippen LogP) is 3.09. The highest BCUT2D eigenvalue weighted by molar-refractivity contribution is 7.07. The third-order valence-corrected chi connectivity index (χ3v) is 4.58. The minimum Gasteiger partial charge on any atom is -0.326 e. The Morgan fingerprint density at radius 3 is 2.82 bits per heavy atom. The van der Waals surface area contributed by atoms with Crippen molar-refractivity contribution in [3.05, 3.63) is 22.4 Å². The molecule has 1 saturated carbocycles. The molecule has 96 valence electrons. The van der Waals surface area contributed by atoms with Gasteiger partial charge in [-0.1, -0.05) is 20.3 Å². The summed E-state index contributed by atoms with van der Waals surface area (Å²) in [7, 11) is 0. The molecule has 1 aliphatic carbocycles. The van der Waals surface area contributed by atoms with Crippen LogP contribution < -0.4 is 5.73 Å². The van der Waals surface area contributed by atoms with Gasteiger partial charge in [0.2, 0.25) is 0 Å². The lowest BCUT2D eigenvalue weighted by molar-refractivity contribution is 0.215. The van der Waals surface area contributed by atoms with Crippen molar-refractivity contribution >= 4 is 11.3 Å². The van der Waals surface area contributed by atoms with Crippen LogP contribution in [0.1, 0.15) is 38.7 Å². The zero-order chi connectivity index (χ0) is 12.3. The first-order valence-corrected chi connectivity index (χ1v) is 7.65. The van der Waals surface area contributed by atoms with Gasteiger partial charge in [0.15, 0.2) is 0 Å². The molecule has 2 rings (SSSR count). The van der Waals surface area contributed by atoms with Gasteiger partial charge in [-0.2, -0.15) is 11.3 Å². The van der Waals surface area contributed by atoms with Gasteiger partial charge in [0.1, 0.15) is 0 Å². The van der Waals surface area contributed by atoms with Crippen LogP contribution in [0.25, 0.3) is 0 Å². The highest BCUT2D eigenvalue weighted by Crippen LogP contribution is 2.29. The lowest BCUT2D eigenvalue weighted by Crippen LogP contribution is -2.42. The van der Waals surface area contributed by atoms with Gasteiger partial charge in [-0.3, -0.25) is 4.90 Å². The minimum absolute atomic E-state index is 0.319. The van der Waals surface area contributed by atoms with E-state index in [0.717, 1.165) is 19.1 Å². The maximum atomic E-state index is 6.28. The second-order valence-corrected chi connectivity index (χ2v) is 6.12. The standard InChI is InChI=1S/C14H24N2S/c1-3-11(2)14(15)9-16(13-4-5-13)8-12-6-7-17-10-12/h6-7,10-11,13-14H,3-5,8-9,15H2,1-2H3. The van der Waals surface area contributed by atoms with Crippen molar-refractivity contribution in [1.82, 2.24) is 4.90 Å². The molecule has 0 bridgehead atoms. The molecule has 0 aromatic carbocycles. The van der Waals surface area contributed by atoms with Crippen LogP contribution >= 0.6 is 11.3 Å². The van der Waals surface area contributed by atoms with Crippen molar-refractivity contribution < 1.29 is 0 Å². The number of thiophene rings is 1. The molecule has 1 aliphatic rings. The van der Waals surface area contributed by atoms with Gasteiger partial charge in [0.25, 0.3) is 0 Å². The van der Waals surface area contributed by atoms with Crippen molar-refractivity contribution in [2.45, 2.75) is 51.7 Å². The van der Waals surface area contributed by atoms with Gasteiger partial charge in [-0.05, 0) is 41.1 Å². The molecule has 0 saturated heterocycles. The van der Waals surface area contributed by atoms with Crippen LogP contribution in [0.15, 0.2) is 16.8 Å². The fraction of sp³-hybridized carbons (Fsp3) is 0.714.